The Labute approximate surface area is 190 Å². The Bertz CT molecular complexity index is 1440. The normalized spacial score (nSPS) is 10.9. The minimum Gasteiger partial charge on any atom is -0.298 e. The Kier molecular flexibility index (Phi) is 5.25. The van der Waals surface area contributed by atoms with Gasteiger partial charge in [0.15, 0.2) is 5.13 Å². The first-order chi connectivity index (χ1) is 15.6. The average Bonchev–Trinajstić information content (AvgIpc) is 3.27. The Morgan fingerprint density at radius 1 is 0.844 bits per heavy atom. The summed E-state index contributed by atoms with van der Waals surface area (Å²) in [5, 5.41) is 6.36. The minimum absolute atomic E-state index is 0.192. The van der Waals surface area contributed by atoms with Crippen molar-refractivity contribution in [2.45, 2.75) is 13.8 Å². The fourth-order valence-corrected chi connectivity index (χ4v) is 4.55. The molecule has 4 nitrogen and oxygen atoms in total. The van der Waals surface area contributed by atoms with Gasteiger partial charge in [0, 0.05) is 21.9 Å². The summed E-state index contributed by atoms with van der Waals surface area (Å²) >= 11 is 1.43. The Morgan fingerprint density at radius 3 is 2.44 bits per heavy atom. The highest BCUT2D eigenvalue weighted by Crippen LogP contribution is 2.29. The number of aryl methyl sites for hydroxylation is 2. The zero-order valence-electron chi connectivity index (χ0n) is 17.8. The smallest absolute Gasteiger partial charge is 0.258 e. The molecule has 0 saturated carbocycles. The van der Waals surface area contributed by atoms with Gasteiger partial charge in [-0.05, 0) is 31.5 Å². The third-order valence-electron chi connectivity index (χ3n) is 5.41. The van der Waals surface area contributed by atoms with E-state index in [0.717, 1.165) is 33.4 Å². The molecule has 0 spiro atoms. The summed E-state index contributed by atoms with van der Waals surface area (Å²) in [6.07, 6.45) is 0. The van der Waals surface area contributed by atoms with Crippen LogP contribution in [0.3, 0.4) is 0 Å². The number of nitrogens with zero attached hydrogens (tertiary/aromatic N) is 2. The largest absolute Gasteiger partial charge is 0.298 e. The minimum atomic E-state index is -0.192. The third-order valence-corrected chi connectivity index (χ3v) is 6.17. The van der Waals surface area contributed by atoms with Crippen LogP contribution in [-0.4, -0.2) is 15.9 Å². The molecule has 0 fully saturated rings. The summed E-state index contributed by atoms with van der Waals surface area (Å²) in [5.74, 6) is -0.192. The molecule has 0 aliphatic carbocycles. The molecule has 1 N–H and O–H groups in total. The van der Waals surface area contributed by atoms with Crippen molar-refractivity contribution in [2.24, 2.45) is 0 Å². The van der Waals surface area contributed by atoms with Crippen molar-refractivity contribution in [3.05, 3.63) is 101 Å². The maximum absolute atomic E-state index is 13.3. The lowest BCUT2D eigenvalue weighted by Gasteiger charge is -2.09. The fraction of sp³-hybridized carbons (Fsp3) is 0.0741. The molecule has 0 atom stereocenters. The number of fused-ring (bicyclic) bond motifs is 1. The maximum atomic E-state index is 13.3. The number of aromatic nitrogens is 2. The number of benzene rings is 3. The van der Waals surface area contributed by atoms with E-state index >= 15 is 0 Å². The molecule has 2 heterocycles. The molecule has 2 aromatic heterocycles. The molecule has 1 amide bonds. The first kappa shape index (κ1) is 20.1. The van der Waals surface area contributed by atoms with Gasteiger partial charge in [-0.1, -0.05) is 72.3 Å². The molecule has 0 radical (unpaired) electrons. The van der Waals surface area contributed by atoms with Crippen LogP contribution < -0.4 is 5.32 Å². The predicted octanol–water partition coefficient (Wildman–Crippen LogP) is 6.89. The van der Waals surface area contributed by atoms with Crippen molar-refractivity contribution >= 4 is 33.3 Å². The number of carbonyl (C=O) groups is 1. The molecule has 5 heteroatoms. The molecular weight excluding hydrogens is 414 g/mol. The topological polar surface area (TPSA) is 54.9 Å². The summed E-state index contributed by atoms with van der Waals surface area (Å²) in [5.41, 5.74) is 7.44. The van der Waals surface area contributed by atoms with Crippen LogP contribution in [0.1, 0.15) is 21.5 Å². The van der Waals surface area contributed by atoms with E-state index in [2.05, 4.69) is 42.3 Å². The number of amides is 1. The van der Waals surface area contributed by atoms with Crippen molar-refractivity contribution < 1.29 is 4.79 Å². The van der Waals surface area contributed by atoms with Crippen molar-refractivity contribution in [3.63, 3.8) is 0 Å². The van der Waals surface area contributed by atoms with Gasteiger partial charge in [0.05, 0.1) is 22.5 Å². The van der Waals surface area contributed by atoms with Gasteiger partial charge in [-0.3, -0.25) is 10.1 Å². The quantitative estimate of drug-likeness (QED) is 0.334. The number of anilines is 1. The summed E-state index contributed by atoms with van der Waals surface area (Å²) in [6, 6.07) is 25.8. The van der Waals surface area contributed by atoms with Gasteiger partial charge in [0.2, 0.25) is 0 Å². The lowest BCUT2D eigenvalue weighted by molar-refractivity contribution is 0.102. The van der Waals surface area contributed by atoms with Gasteiger partial charge in [0.25, 0.3) is 5.91 Å². The molecule has 0 aliphatic heterocycles. The van der Waals surface area contributed by atoms with Crippen LogP contribution in [0.15, 0.2) is 84.2 Å². The summed E-state index contributed by atoms with van der Waals surface area (Å²) in [4.78, 5) is 22.7. The van der Waals surface area contributed by atoms with Crippen LogP contribution in [0.2, 0.25) is 0 Å². The SMILES string of the molecule is Cc1ccc(-c2csc(NC(=O)c3cc(-c4ccccc4)nc4ccccc34)n2)c(C)c1. The number of hydrogen-bond acceptors (Lipinski definition) is 4. The number of thiazole rings is 1. The Hall–Kier alpha value is -3.83. The van der Waals surface area contributed by atoms with Gasteiger partial charge in [-0.2, -0.15) is 0 Å². The lowest BCUT2D eigenvalue weighted by atomic mass is 10.0. The van der Waals surface area contributed by atoms with Crippen LogP contribution in [-0.2, 0) is 0 Å². The van der Waals surface area contributed by atoms with E-state index in [1.165, 1.54) is 22.5 Å². The molecule has 0 saturated heterocycles. The van der Waals surface area contributed by atoms with Gasteiger partial charge in [0.1, 0.15) is 0 Å². The van der Waals surface area contributed by atoms with E-state index < -0.39 is 0 Å². The number of nitrogens with one attached hydrogen (secondary N) is 1. The molecular formula is C27H21N3OS. The molecule has 3 aromatic carbocycles. The van der Waals surface area contributed by atoms with E-state index in [1.54, 1.807) is 0 Å². The van der Waals surface area contributed by atoms with Gasteiger partial charge < -0.3 is 0 Å². The average molecular weight is 436 g/mol. The zero-order valence-corrected chi connectivity index (χ0v) is 18.6. The molecule has 32 heavy (non-hydrogen) atoms. The number of carbonyl (C=O) groups excluding carboxylic acids is 1. The van der Waals surface area contributed by atoms with Crippen LogP contribution >= 0.6 is 11.3 Å². The monoisotopic (exact) mass is 435 g/mol. The highest BCUT2D eigenvalue weighted by Gasteiger charge is 2.16. The molecule has 156 valence electrons. The standard InChI is InChI=1S/C27H21N3OS/c1-17-12-13-20(18(2)14-17)25-16-32-27(29-25)30-26(31)22-15-24(19-8-4-3-5-9-19)28-23-11-7-6-10-21(22)23/h3-16H,1-2H3,(H,29,30,31). The van der Waals surface area contributed by atoms with Crippen LogP contribution in [0.4, 0.5) is 5.13 Å². The molecule has 5 rings (SSSR count). The van der Waals surface area contributed by atoms with Gasteiger partial charge in [-0.15, -0.1) is 11.3 Å². The van der Waals surface area contributed by atoms with Gasteiger partial charge >= 0.3 is 0 Å². The van der Waals surface area contributed by atoms with E-state index in [9.17, 15) is 4.79 Å². The van der Waals surface area contributed by atoms with Crippen LogP contribution in [0.5, 0.6) is 0 Å². The summed E-state index contributed by atoms with van der Waals surface area (Å²) in [7, 11) is 0. The second-order valence-corrected chi connectivity index (χ2v) is 8.61. The number of rotatable bonds is 4. The summed E-state index contributed by atoms with van der Waals surface area (Å²) in [6.45, 7) is 4.15. The van der Waals surface area contributed by atoms with Crippen molar-refractivity contribution in [2.75, 3.05) is 5.32 Å². The van der Waals surface area contributed by atoms with Crippen molar-refractivity contribution in [1.29, 1.82) is 0 Å². The van der Waals surface area contributed by atoms with E-state index in [-0.39, 0.29) is 5.91 Å². The molecule has 0 aliphatic rings. The van der Waals surface area contributed by atoms with E-state index in [1.807, 2.05) is 66.0 Å². The van der Waals surface area contributed by atoms with Crippen molar-refractivity contribution in [1.82, 2.24) is 9.97 Å². The molecule has 0 bridgehead atoms. The first-order valence-electron chi connectivity index (χ1n) is 10.4. The van der Waals surface area contributed by atoms with Crippen molar-refractivity contribution in [3.8, 4) is 22.5 Å². The maximum Gasteiger partial charge on any atom is 0.258 e. The predicted molar refractivity (Wildman–Crippen MR) is 132 cm³/mol. The fourth-order valence-electron chi connectivity index (χ4n) is 3.84. The van der Waals surface area contributed by atoms with Crippen LogP contribution in [0, 0.1) is 13.8 Å². The second kappa shape index (κ2) is 8.36. The molecule has 0 unspecified atom stereocenters. The first-order valence-corrected chi connectivity index (χ1v) is 11.3. The Balaban J connectivity index is 1.50. The van der Waals surface area contributed by atoms with Crippen LogP contribution in [0.25, 0.3) is 33.4 Å². The van der Waals surface area contributed by atoms with Gasteiger partial charge in [-0.25, -0.2) is 9.97 Å². The number of hydrogen-bond donors (Lipinski definition) is 1. The highest BCUT2D eigenvalue weighted by molar-refractivity contribution is 7.14. The second-order valence-electron chi connectivity index (χ2n) is 7.75. The highest BCUT2D eigenvalue weighted by atomic mass is 32.1. The van der Waals surface area contributed by atoms with E-state index in [0.29, 0.717) is 10.7 Å². The number of para-hydroxylation sites is 1. The molecule has 5 aromatic rings. The summed E-state index contributed by atoms with van der Waals surface area (Å²) < 4.78 is 0. The zero-order chi connectivity index (χ0) is 22.1. The number of pyridine rings is 1. The third kappa shape index (κ3) is 3.90. The van der Waals surface area contributed by atoms with E-state index in [4.69, 9.17) is 4.98 Å². The Morgan fingerprint density at radius 2 is 1.62 bits per heavy atom. The lowest BCUT2D eigenvalue weighted by Crippen LogP contribution is -2.13.